The first-order valence-electron chi connectivity index (χ1n) is 17.2. The molecule has 0 saturated carbocycles. The number of carbonyl (C=O) groups excluding carboxylic acids is 2. The standard InChI is InChI=1S/C15H13ClN2O3.C12H9NO4.C12H10O2.C5H6O2/c1-9-4-2-7-12(16)13(9)18-15(21)17-11-6-3-5-10(8-11)14(19)20;14-11(10-5-2-6-17-10)13-9-4-1-3-8(7-9)12(15)16;13-12(14)8-10-6-3-5-9-4-1-2-7-11(9)10;1-2-3-4-5(6)7/h2-8H,1H3,(H,19,20)(H2,17,18,21);1-7H,(H,13,14)(H,15,16);1-7H,8H2,(H,13,14);2-4H,1H2,(H,6,7)/b;;;4-3+. The van der Waals surface area contributed by atoms with Crippen LogP contribution in [-0.4, -0.2) is 56.2 Å². The molecule has 0 saturated heterocycles. The van der Waals surface area contributed by atoms with E-state index in [-0.39, 0.29) is 23.3 Å². The van der Waals surface area contributed by atoms with E-state index in [1.54, 1.807) is 42.5 Å². The van der Waals surface area contributed by atoms with E-state index in [0.29, 0.717) is 22.1 Å². The van der Waals surface area contributed by atoms with Gasteiger partial charge in [0.05, 0.1) is 34.5 Å². The van der Waals surface area contributed by atoms with E-state index >= 15 is 0 Å². The molecular weight excluding hydrogens is 782 g/mol. The lowest BCUT2D eigenvalue weighted by molar-refractivity contribution is -0.136. The minimum atomic E-state index is -1.05. The number of hydrogen-bond donors (Lipinski definition) is 7. The molecule has 1 heterocycles. The number of hydrogen-bond acceptors (Lipinski definition) is 7. The number of allylic oxidation sites excluding steroid dienone is 2. The van der Waals surface area contributed by atoms with Gasteiger partial charge in [0.1, 0.15) is 0 Å². The Labute approximate surface area is 342 Å². The molecule has 6 rings (SSSR count). The molecule has 1 aromatic heterocycles. The highest BCUT2D eigenvalue weighted by Gasteiger charge is 2.11. The second-order valence-electron chi connectivity index (χ2n) is 11.9. The average Bonchev–Trinajstić information content (AvgIpc) is 3.75. The molecule has 6 aromatic rings. The molecule has 59 heavy (non-hydrogen) atoms. The zero-order valence-corrected chi connectivity index (χ0v) is 32.1. The fourth-order valence-corrected chi connectivity index (χ4v) is 5.16. The number of para-hydroxylation sites is 1. The van der Waals surface area contributed by atoms with Gasteiger partial charge >= 0.3 is 29.9 Å². The van der Waals surface area contributed by atoms with Gasteiger partial charge in [0.2, 0.25) is 0 Å². The number of aromatic carboxylic acids is 2. The quantitative estimate of drug-likeness (QED) is 0.0508. The number of benzene rings is 5. The van der Waals surface area contributed by atoms with Crippen LogP contribution in [0.2, 0.25) is 5.02 Å². The number of urea groups is 1. The van der Waals surface area contributed by atoms with E-state index in [4.69, 9.17) is 36.4 Å². The van der Waals surface area contributed by atoms with E-state index in [1.165, 1.54) is 48.7 Å². The maximum absolute atomic E-state index is 11.9. The van der Waals surface area contributed by atoms with Crippen molar-refractivity contribution in [3.05, 3.63) is 185 Å². The lowest BCUT2D eigenvalue weighted by atomic mass is 10.0. The Bertz CT molecular complexity index is 2440. The highest BCUT2D eigenvalue weighted by atomic mass is 35.5. The fraction of sp³-hybridized carbons (Fsp3) is 0.0455. The molecule has 14 nitrogen and oxygen atoms in total. The Morgan fingerprint density at radius 1 is 0.695 bits per heavy atom. The molecule has 0 bridgehead atoms. The lowest BCUT2D eigenvalue weighted by Gasteiger charge is -2.11. The summed E-state index contributed by atoms with van der Waals surface area (Å²) in [6.07, 6.45) is 5.27. The molecule has 0 aliphatic heterocycles. The molecule has 0 fully saturated rings. The molecule has 0 atom stereocenters. The monoisotopic (exact) mass is 819 g/mol. The van der Waals surface area contributed by atoms with Crippen LogP contribution in [0.4, 0.5) is 21.9 Å². The maximum atomic E-state index is 11.9. The van der Waals surface area contributed by atoms with Crippen LogP contribution in [0.5, 0.6) is 0 Å². The van der Waals surface area contributed by atoms with Gasteiger partial charge in [-0.2, -0.15) is 0 Å². The van der Waals surface area contributed by atoms with Gasteiger partial charge in [0.25, 0.3) is 5.91 Å². The molecule has 0 aliphatic rings. The summed E-state index contributed by atoms with van der Waals surface area (Å²) in [5, 5.41) is 44.6. The van der Waals surface area contributed by atoms with Crippen molar-refractivity contribution >= 4 is 75.3 Å². The minimum Gasteiger partial charge on any atom is -0.481 e. The summed E-state index contributed by atoms with van der Waals surface area (Å²) in [7, 11) is 0. The number of rotatable bonds is 10. The summed E-state index contributed by atoms with van der Waals surface area (Å²) in [4.78, 5) is 65.4. The normalized spacial score (nSPS) is 9.93. The van der Waals surface area contributed by atoms with Crippen LogP contribution in [0.1, 0.15) is 42.4 Å². The van der Waals surface area contributed by atoms with Crippen LogP contribution in [0, 0.1) is 6.92 Å². The third-order valence-electron chi connectivity index (χ3n) is 7.54. The van der Waals surface area contributed by atoms with Gasteiger partial charge in [0.15, 0.2) is 5.76 Å². The van der Waals surface area contributed by atoms with Crippen LogP contribution in [-0.2, 0) is 16.0 Å². The number of nitrogens with one attached hydrogen (secondary N) is 3. The number of carboxylic acid groups (broad SMARTS) is 4. The molecule has 0 spiro atoms. The number of aliphatic carboxylic acids is 2. The zero-order valence-electron chi connectivity index (χ0n) is 31.3. The van der Waals surface area contributed by atoms with Crippen molar-refractivity contribution in [2.75, 3.05) is 16.0 Å². The molecule has 15 heteroatoms. The molecule has 7 N–H and O–H groups in total. The zero-order chi connectivity index (χ0) is 43.3. The molecule has 5 aromatic carbocycles. The molecule has 0 aliphatic carbocycles. The first-order valence-corrected chi connectivity index (χ1v) is 17.6. The number of amides is 3. The number of fused-ring (bicyclic) bond motifs is 1. The van der Waals surface area contributed by atoms with Crippen LogP contribution in [0.3, 0.4) is 0 Å². The summed E-state index contributed by atoms with van der Waals surface area (Å²) in [5.74, 6) is -4.08. The number of furan rings is 1. The fourth-order valence-electron chi connectivity index (χ4n) is 4.89. The predicted molar refractivity (Wildman–Crippen MR) is 225 cm³/mol. The predicted octanol–water partition coefficient (Wildman–Crippen LogP) is 9.50. The minimum absolute atomic E-state index is 0.0847. The Kier molecular flexibility index (Phi) is 17.8. The van der Waals surface area contributed by atoms with Gasteiger partial charge < -0.3 is 40.8 Å². The highest BCUT2D eigenvalue weighted by Crippen LogP contribution is 2.25. The SMILES string of the molecule is C=C/C=C/C(=O)O.Cc1cccc(Cl)c1NC(=O)Nc1cccc(C(=O)O)c1.O=C(O)Cc1cccc2ccccc12.O=C(O)c1cccc(NC(=O)c2ccco2)c1. The van der Waals surface area contributed by atoms with Gasteiger partial charge in [-0.15, -0.1) is 0 Å². The van der Waals surface area contributed by atoms with E-state index in [9.17, 15) is 28.8 Å². The number of carbonyl (C=O) groups is 6. The van der Waals surface area contributed by atoms with Crippen molar-refractivity contribution in [2.45, 2.75) is 13.3 Å². The van der Waals surface area contributed by atoms with Gasteiger partial charge in [-0.3, -0.25) is 9.59 Å². The average molecular weight is 820 g/mol. The number of aryl methyl sites for hydroxylation is 1. The van der Waals surface area contributed by atoms with Gasteiger partial charge in [0, 0.05) is 17.5 Å². The number of anilines is 3. The number of halogens is 1. The van der Waals surface area contributed by atoms with Gasteiger partial charge in [-0.25, -0.2) is 19.2 Å². The van der Waals surface area contributed by atoms with Crippen LogP contribution in [0.25, 0.3) is 10.8 Å². The van der Waals surface area contributed by atoms with Crippen LogP contribution in [0.15, 0.2) is 157 Å². The summed E-state index contributed by atoms with van der Waals surface area (Å²) >= 11 is 6.02. The van der Waals surface area contributed by atoms with Crippen molar-refractivity contribution in [3.8, 4) is 0 Å². The van der Waals surface area contributed by atoms with Crippen molar-refractivity contribution in [2.24, 2.45) is 0 Å². The lowest BCUT2D eigenvalue weighted by Crippen LogP contribution is -2.20. The van der Waals surface area contributed by atoms with Gasteiger partial charge in [-0.1, -0.05) is 97.1 Å². The summed E-state index contributed by atoms with van der Waals surface area (Å²) in [6.45, 7) is 5.11. The Morgan fingerprint density at radius 3 is 1.83 bits per heavy atom. The van der Waals surface area contributed by atoms with Crippen LogP contribution >= 0.6 is 11.6 Å². The Hall–Kier alpha value is -7.97. The van der Waals surface area contributed by atoms with E-state index in [2.05, 4.69) is 22.5 Å². The summed E-state index contributed by atoms with van der Waals surface area (Å²) in [5.41, 5.74) is 3.23. The highest BCUT2D eigenvalue weighted by molar-refractivity contribution is 6.34. The van der Waals surface area contributed by atoms with Gasteiger partial charge in [-0.05, 0) is 83.4 Å². The third-order valence-corrected chi connectivity index (χ3v) is 7.85. The molecule has 302 valence electrons. The second-order valence-corrected chi connectivity index (χ2v) is 12.3. The smallest absolute Gasteiger partial charge is 0.335 e. The van der Waals surface area contributed by atoms with Crippen molar-refractivity contribution < 1.29 is 53.6 Å². The van der Waals surface area contributed by atoms with E-state index in [1.807, 2.05) is 55.5 Å². The molecular formula is C44H38ClN3O11. The van der Waals surface area contributed by atoms with Crippen molar-refractivity contribution in [1.29, 1.82) is 0 Å². The Balaban J connectivity index is 0.000000222. The van der Waals surface area contributed by atoms with Crippen molar-refractivity contribution in [1.82, 2.24) is 0 Å². The Morgan fingerprint density at radius 2 is 1.29 bits per heavy atom. The second kappa shape index (κ2) is 23.2. The molecule has 0 unspecified atom stereocenters. The molecule has 0 radical (unpaired) electrons. The number of carboxylic acids is 4. The van der Waals surface area contributed by atoms with Crippen LogP contribution < -0.4 is 16.0 Å². The first-order chi connectivity index (χ1) is 28.2. The van der Waals surface area contributed by atoms with E-state index < -0.39 is 35.8 Å². The summed E-state index contributed by atoms with van der Waals surface area (Å²) in [6, 6.07) is 33.4. The largest absolute Gasteiger partial charge is 0.481 e. The first kappa shape index (κ1) is 45.4. The topological polar surface area (TPSA) is 233 Å². The molecule has 3 amide bonds. The van der Waals surface area contributed by atoms with E-state index in [0.717, 1.165) is 28.0 Å². The maximum Gasteiger partial charge on any atom is 0.335 e. The summed E-state index contributed by atoms with van der Waals surface area (Å²) < 4.78 is 4.92. The third kappa shape index (κ3) is 15.6. The van der Waals surface area contributed by atoms with Crippen molar-refractivity contribution in [3.63, 3.8) is 0 Å².